The van der Waals surface area contributed by atoms with Gasteiger partial charge in [0.05, 0.1) is 0 Å². The van der Waals surface area contributed by atoms with Crippen molar-refractivity contribution in [1.29, 1.82) is 0 Å². The molecule has 0 aliphatic heterocycles. The number of nitrogens with one attached hydrogen (secondary N) is 2. The highest BCUT2D eigenvalue weighted by atomic mass is 16.5. The molecule has 2 N–H and O–H groups in total. The van der Waals surface area contributed by atoms with Crippen LogP contribution in [-0.2, 0) is 0 Å². The van der Waals surface area contributed by atoms with Gasteiger partial charge in [-0.3, -0.25) is 20.2 Å². The van der Waals surface area contributed by atoms with Gasteiger partial charge in [0.25, 0.3) is 5.91 Å². The molecule has 1 amide bonds. The third-order valence-corrected chi connectivity index (χ3v) is 3.37. The van der Waals surface area contributed by atoms with Crippen molar-refractivity contribution in [3.05, 3.63) is 54.2 Å². The number of H-pyrrole nitrogens is 1. The van der Waals surface area contributed by atoms with Crippen LogP contribution in [0.15, 0.2) is 51.7 Å². The normalized spacial score (nSPS) is 10.8. The van der Waals surface area contributed by atoms with Gasteiger partial charge in [0.2, 0.25) is 5.95 Å². The van der Waals surface area contributed by atoms with Crippen LogP contribution in [0.4, 0.5) is 5.95 Å². The Hall–Kier alpha value is -3.75. The molecule has 0 spiro atoms. The molecule has 0 radical (unpaired) electrons. The summed E-state index contributed by atoms with van der Waals surface area (Å²) in [6.07, 6.45) is 3.27. The maximum absolute atomic E-state index is 12.2. The Morgan fingerprint density at radius 3 is 2.92 bits per heavy atom. The summed E-state index contributed by atoms with van der Waals surface area (Å²) in [4.78, 5) is 20.4. The van der Waals surface area contributed by atoms with Crippen LogP contribution >= 0.6 is 0 Å². The zero-order valence-corrected chi connectivity index (χ0v) is 13.1. The minimum atomic E-state index is -0.486. The lowest BCUT2D eigenvalue weighted by Gasteiger charge is -1.94. The molecule has 4 heterocycles. The maximum Gasteiger partial charge on any atom is 0.280 e. The quantitative estimate of drug-likeness (QED) is 0.587. The van der Waals surface area contributed by atoms with Gasteiger partial charge in [-0.1, -0.05) is 5.16 Å². The number of rotatable bonds is 4. The number of aromatic amines is 1. The van der Waals surface area contributed by atoms with Crippen molar-refractivity contribution in [2.24, 2.45) is 0 Å². The molecule has 0 aromatic carbocycles. The highest BCUT2D eigenvalue weighted by Gasteiger charge is 2.17. The van der Waals surface area contributed by atoms with E-state index in [0.717, 1.165) is 11.3 Å². The second-order valence-corrected chi connectivity index (χ2v) is 5.19. The van der Waals surface area contributed by atoms with Gasteiger partial charge in [0.1, 0.15) is 5.76 Å². The van der Waals surface area contributed by atoms with E-state index >= 15 is 0 Å². The van der Waals surface area contributed by atoms with Crippen LogP contribution in [0.5, 0.6) is 0 Å². The molecule has 0 aliphatic carbocycles. The monoisotopic (exact) mass is 336 g/mol. The van der Waals surface area contributed by atoms with Gasteiger partial charge in [-0.15, -0.1) is 5.10 Å². The van der Waals surface area contributed by atoms with Gasteiger partial charge in [-0.2, -0.15) is 4.98 Å². The number of aromatic nitrogens is 5. The molecule has 0 aliphatic rings. The van der Waals surface area contributed by atoms with Gasteiger partial charge in [0.15, 0.2) is 23.0 Å². The van der Waals surface area contributed by atoms with Crippen molar-refractivity contribution >= 4 is 11.9 Å². The number of carbonyl (C=O) groups is 1. The molecule has 9 heteroatoms. The Morgan fingerprint density at radius 2 is 2.16 bits per heavy atom. The van der Waals surface area contributed by atoms with E-state index in [9.17, 15) is 4.79 Å². The average molecular weight is 336 g/mol. The topological polar surface area (TPSA) is 123 Å². The molecule has 0 bridgehead atoms. The molecule has 0 fully saturated rings. The predicted octanol–water partition coefficient (Wildman–Crippen LogP) is 2.68. The van der Waals surface area contributed by atoms with Gasteiger partial charge < -0.3 is 8.94 Å². The van der Waals surface area contributed by atoms with E-state index in [4.69, 9.17) is 8.94 Å². The molecule has 4 aromatic rings. The van der Waals surface area contributed by atoms with Crippen LogP contribution in [0.1, 0.15) is 16.2 Å². The summed E-state index contributed by atoms with van der Waals surface area (Å²) in [6.45, 7) is 1.83. The fourth-order valence-corrected chi connectivity index (χ4v) is 2.18. The molecule has 25 heavy (non-hydrogen) atoms. The first-order chi connectivity index (χ1) is 12.2. The van der Waals surface area contributed by atoms with Crippen molar-refractivity contribution < 1.29 is 13.7 Å². The Labute approximate surface area is 141 Å². The van der Waals surface area contributed by atoms with Crippen LogP contribution in [0.25, 0.3) is 22.9 Å². The van der Waals surface area contributed by atoms with Crippen molar-refractivity contribution in [2.45, 2.75) is 6.92 Å². The van der Waals surface area contributed by atoms with Gasteiger partial charge in [0, 0.05) is 24.0 Å². The third kappa shape index (κ3) is 3.02. The number of nitrogens with zero attached hydrogens (tertiary/aromatic N) is 4. The Morgan fingerprint density at radius 1 is 1.24 bits per heavy atom. The highest BCUT2D eigenvalue weighted by molar-refractivity contribution is 6.02. The summed E-state index contributed by atoms with van der Waals surface area (Å²) in [5.41, 5.74) is 0.835. The molecular weight excluding hydrogens is 324 g/mol. The molecule has 9 nitrogen and oxygen atoms in total. The summed E-state index contributed by atoms with van der Waals surface area (Å²) in [6, 6.07) is 8.67. The molecule has 0 saturated heterocycles. The number of carbonyl (C=O) groups excluding carboxylic acids is 1. The highest BCUT2D eigenvalue weighted by Crippen LogP contribution is 2.20. The lowest BCUT2D eigenvalue weighted by molar-refractivity contribution is 0.101. The smallest absolute Gasteiger partial charge is 0.280 e. The van der Waals surface area contributed by atoms with E-state index in [1.54, 1.807) is 24.5 Å². The van der Waals surface area contributed by atoms with E-state index in [0.29, 0.717) is 17.3 Å². The van der Waals surface area contributed by atoms with E-state index < -0.39 is 5.91 Å². The number of amides is 1. The molecule has 124 valence electrons. The third-order valence-electron chi connectivity index (χ3n) is 3.37. The number of hydrogen-bond donors (Lipinski definition) is 2. The van der Waals surface area contributed by atoms with E-state index in [-0.39, 0.29) is 11.6 Å². The minimum absolute atomic E-state index is 0.110. The van der Waals surface area contributed by atoms with E-state index in [1.807, 2.05) is 19.1 Å². The van der Waals surface area contributed by atoms with Crippen molar-refractivity contribution in [2.75, 3.05) is 5.32 Å². The second kappa shape index (κ2) is 6.04. The summed E-state index contributed by atoms with van der Waals surface area (Å²) < 4.78 is 10.6. The SMILES string of the molecule is Cc1ccc(-c2nc(NC(=O)c3cc(-c4cccnc4)on3)n[nH]2)o1. The van der Waals surface area contributed by atoms with Gasteiger partial charge >= 0.3 is 0 Å². The number of furan rings is 1. The Balaban J connectivity index is 1.49. The zero-order chi connectivity index (χ0) is 17.2. The van der Waals surface area contributed by atoms with Crippen molar-refractivity contribution in [3.63, 3.8) is 0 Å². The lowest BCUT2D eigenvalue weighted by Crippen LogP contribution is -2.13. The van der Waals surface area contributed by atoms with Crippen LogP contribution in [-0.4, -0.2) is 31.2 Å². The summed E-state index contributed by atoms with van der Waals surface area (Å²) >= 11 is 0. The lowest BCUT2D eigenvalue weighted by atomic mass is 10.2. The second-order valence-electron chi connectivity index (χ2n) is 5.19. The average Bonchev–Trinajstić information content (AvgIpc) is 3.35. The Kier molecular flexibility index (Phi) is 3.58. The fraction of sp³-hybridized carbons (Fsp3) is 0.0625. The van der Waals surface area contributed by atoms with Crippen molar-refractivity contribution in [3.8, 4) is 22.9 Å². The number of anilines is 1. The van der Waals surface area contributed by atoms with Gasteiger partial charge in [-0.05, 0) is 31.2 Å². The maximum atomic E-state index is 12.2. The van der Waals surface area contributed by atoms with E-state index in [2.05, 4.69) is 30.6 Å². The molecule has 0 saturated carbocycles. The number of pyridine rings is 1. The Bertz CT molecular complexity index is 1020. The molecular formula is C16H12N6O3. The molecule has 4 aromatic heterocycles. The number of aryl methyl sites for hydroxylation is 1. The van der Waals surface area contributed by atoms with Crippen LogP contribution < -0.4 is 5.32 Å². The fourth-order valence-electron chi connectivity index (χ4n) is 2.18. The first-order valence-corrected chi connectivity index (χ1v) is 7.37. The summed E-state index contributed by atoms with van der Waals surface area (Å²) in [5, 5.41) is 12.9. The van der Waals surface area contributed by atoms with Crippen LogP contribution in [0, 0.1) is 6.92 Å². The standard InChI is InChI=1S/C16H12N6O3/c1-9-4-5-12(24-9)14-18-16(21-20-14)19-15(23)11-7-13(25-22-11)10-3-2-6-17-8-10/h2-8H,1H3,(H2,18,19,20,21,23). The van der Waals surface area contributed by atoms with Crippen molar-refractivity contribution in [1.82, 2.24) is 25.3 Å². The number of hydrogen-bond acceptors (Lipinski definition) is 7. The minimum Gasteiger partial charge on any atom is -0.458 e. The molecule has 4 rings (SSSR count). The van der Waals surface area contributed by atoms with E-state index in [1.165, 1.54) is 6.07 Å². The van der Waals surface area contributed by atoms with Crippen LogP contribution in [0.3, 0.4) is 0 Å². The van der Waals surface area contributed by atoms with Gasteiger partial charge in [-0.25, -0.2) is 0 Å². The summed E-state index contributed by atoms with van der Waals surface area (Å²) in [7, 11) is 0. The molecule has 0 unspecified atom stereocenters. The first kappa shape index (κ1) is 14.8. The largest absolute Gasteiger partial charge is 0.458 e. The first-order valence-electron chi connectivity index (χ1n) is 7.37. The van der Waals surface area contributed by atoms with Crippen LogP contribution in [0.2, 0.25) is 0 Å². The summed E-state index contributed by atoms with van der Waals surface area (Å²) in [5.74, 6) is 1.77. The predicted molar refractivity (Wildman–Crippen MR) is 86.5 cm³/mol. The zero-order valence-electron chi connectivity index (χ0n) is 13.1. The molecule has 0 atom stereocenters.